The van der Waals surface area contributed by atoms with Crippen molar-refractivity contribution < 1.29 is 0 Å². The van der Waals surface area contributed by atoms with E-state index in [0.717, 1.165) is 49.5 Å². The molecule has 0 atom stereocenters. The predicted molar refractivity (Wildman–Crippen MR) is 189 cm³/mol. The van der Waals surface area contributed by atoms with Crippen LogP contribution in [0.4, 0.5) is 0 Å². The molecule has 5 heteroatoms. The Morgan fingerprint density at radius 1 is 0.444 bits per heavy atom. The summed E-state index contributed by atoms with van der Waals surface area (Å²) in [6, 6.07) is 51.7. The molecule has 4 heterocycles. The number of nitrogens with zero attached hydrogens (tertiary/aromatic N) is 4. The van der Waals surface area contributed by atoms with Crippen LogP contribution in [0.3, 0.4) is 0 Å². The Bertz CT molecular complexity index is 2710. The predicted octanol–water partition coefficient (Wildman–Crippen LogP) is 10.7. The Kier molecular flexibility index (Phi) is 5.12. The van der Waals surface area contributed by atoms with Crippen LogP contribution in [0.15, 0.2) is 146 Å². The van der Waals surface area contributed by atoms with Crippen molar-refractivity contribution in [2.75, 3.05) is 0 Å². The standard InChI is InChI=1S/C40H24N4S/c1-2-12-25(13-3-1)39-41-37-30-17-7-11-21-36(30)45-38(37)40(42-39)44-34-20-10-6-16-29(34)31-24-26(22-23-35(31)44)43-32-18-8-4-14-27(32)28-15-5-9-19-33(28)43/h1-24H. The molecule has 0 radical (unpaired) electrons. The first-order valence-corrected chi connectivity index (χ1v) is 15.9. The van der Waals surface area contributed by atoms with E-state index in [1.165, 1.54) is 37.3 Å². The van der Waals surface area contributed by atoms with Gasteiger partial charge in [0.05, 0.1) is 32.3 Å². The lowest BCUT2D eigenvalue weighted by atomic mass is 10.1. The molecule has 0 amide bonds. The lowest BCUT2D eigenvalue weighted by Gasteiger charge is -2.12. The van der Waals surface area contributed by atoms with E-state index in [9.17, 15) is 0 Å². The summed E-state index contributed by atoms with van der Waals surface area (Å²) in [5, 5.41) is 6.07. The topological polar surface area (TPSA) is 35.6 Å². The lowest BCUT2D eigenvalue weighted by Crippen LogP contribution is -2.01. The Morgan fingerprint density at radius 2 is 1.00 bits per heavy atom. The van der Waals surface area contributed by atoms with E-state index < -0.39 is 0 Å². The van der Waals surface area contributed by atoms with Gasteiger partial charge in [-0.1, -0.05) is 103 Å². The van der Waals surface area contributed by atoms with Crippen LogP contribution >= 0.6 is 11.3 Å². The van der Waals surface area contributed by atoms with Crippen LogP contribution in [-0.4, -0.2) is 19.1 Å². The first-order chi connectivity index (χ1) is 22.3. The van der Waals surface area contributed by atoms with Gasteiger partial charge >= 0.3 is 0 Å². The molecular weight excluding hydrogens is 569 g/mol. The minimum Gasteiger partial charge on any atom is -0.309 e. The number of aromatic nitrogens is 4. The van der Waals surface area contributed by atoms with Crippen molar-refractivity contribution in [3.63, 3.8) is 0 Å². The average molecular weight is 593 g/mol. The molecule has 0 saturated carbocycles. The minimum absolute atomic E-state index is 0.731. The zero-order valence-electron chi connectivity index (χ0n) is 24.1. The average Bonchev–Trinajstić information content (AvgIpc) is 3.76. The van der Waals surface area contributed by atoms with E-state index in [1.807, 2.05) is 18.2 Å². The Morgan fingerprint density at radius 3 is 1.71 bits per heavy atom. The van der Waals surface area contributed by atoms with Gasteiger partial charge in [-0.05, 0) is 42.5 Å². The van der Waals surface area contributed by atoms with Crippen LogP contribution in [-0.2, 0) is 0 Å². The molecule has 45 heavy (non-hydrogen) atoms. The molecule has 10 aromatic rings. The first-order valence-electron chi connectivity index (χ1n) is 15.1. The second kappa shape index (κ2) is 9.36. The summed E-state index contributed by atoms with van der Waals surface area (Å²) in [5.74, 6) is 1.64. The Hall–Kier alpha value is -5.78. The van der Waals surface area contributed by atoms with Gasteiger partial charge in [-0.15, -0.1) is 11.3 Å². The molecule has 0 N–H and O–H groups in total. The largest absolute Gasteiger partial charge is 0.309 e. The van der Waals surface area contributed by atoms with E-state index in [1.54, 1.807) is 11.3 Å². The van der Waals surface area contributed by atoms with Gasteiger partial charge in [0, 0.05) is 42.9 Å². The molecule has 6 aromatic carbocycles. The van der Waals surface area contributed by atoms with Crippen LogP contribution in [0, 0.1) is 0 Å². The highest BCUT2D eigenvalue weighted by atomic mass is 32.1. The Labute approximate surface area is 262 Å². The van der Waals surface area contributed by atoms with Crippen molar-refractivity contribution in [2.45, 2.75) is 0 Å². The minimum atomic E-state index is 0.731. The van der Waals surface area contributed by atoms with Gasteiger partial charge in [-0.2, -0.15) is 0 Å². The molecule has 0 aliphatic rings. The summed E-state index contributed by atoms with van der Waals surface area (Å²) in [4.78, 5) is 10.5. The maximum Gasteiger partial charge on any atom is 0.162 e. The molecule has 10 rings (SSSR count). The molecule has 0 spiro atoms. The lowest BCUT2D eigenvalue weighted by molar-refractivity contribution is 1.08. The molecule has 4 aromatic heterocycles. The van der Waals surface area contributed by atoms with Crippen molar-refractivity contribution in [3.05, 3.63) is 146 Å². The monoisotopic (exact) mass is 592 g/mol. The third kappa shape index (κ3) is 3.53. The maximum absolute atomic E-state index is 5.32. The maximum atomic E-state index is 5.32. The molecule has 0 bridgehead atoms. The highest BCUT2D eigenvalue weighted by Gasteiger charge is 2.21. The number of para-hydroxylation sites is 3. The zero-order chi connectivity index (χ0) is 29.5. The summed E-state index contributed by atoms with van der Waals surface area (Å²) in [6.07, 6.45) is 0. The quantitative estimate of drug-likeness (QED) is 0.205. The number of hydrogen-bond donors (Lipinski definition) is 0. The SMILES string of the molecule is c1ccc(-c2nc(-n3c4ccccc4c4cc(-n5c6ccccc6c6ccccc65)ccc43)c3sc4ccccc4c3n2)cc1. The van der Waals surface area contributed by atoms with Crippen molar-refractivity contribution in [1.82, 2.24) is 19.1 Å². The summed E-state index contributed by atoms with van der Waals surface area (Å²) in [7, 11) is 0. The number of thiophene rings is 1. The van der Waals surface area contributed by atoms with Gasteiger partial charge in [-0.3, -0.25) is 4.57 Å². The van der Waals surface area contributed by atoms with Gasteiger partial charge < -0.3 is 4.57 Å². The molecule has 0 unspecified atom stereocenters. The summed E-state index contributed by atoms with van der Waals surface area (Å²) < 4.78 is 7.03. The molecule has 4 nitrogen and oxygen atoms in total. The molecule has 0 aliphatic carbocycles. The van der Waals surface area contributed by atoms with Gasteiger partial charge in [0.1, 0.15) is 0 Å². The van der Waals surface area contributed by atoms with Gasteiger partial charge in [0.2, 0.25) is 0 Å². The van der Waals surface area contributed by atoms with Crippen LogP contribution in [0.2, 0.25) is 0 Å². The fraction of sp³-hybridized carbons (Fsp3) is 0. The van der Waals surface area contributed by atoms with Gasteiger partial charge in [-0.25, -0.2) is 9.97 Å². The Balaban J connectivity index is 1.31. The van der Waals surface area contributed by atoms with Crippen molar-refractivity contribution >= 4 is 75.3 Å². The molecule has 0 saturated heterocycles. The fourth-order valence-corrected chi connectivity index (χ4v) is 8.09. The summed E-state index contributed by atoms with van der Waals surface area (Å²) in [6.45, 7) is 0. The molecule has 210 valence electrons. The van der Waals surface area contributed by atoms with E-state index in [-0.39, 0.29) is 0 Å². The molecular formula is C40H24N4S. The number of hydrogen-bond acceptors (Lipinski definition) is 3. The fourth-order valence-electron chi connectivity index (χ4n) is 6.97. The van der Waals surface area contributed by atoms with E-state index in [4.69, 9.17) is 9.97 Å². The third-order valence-electron chi connectivity index (χ3n) is 8.94. The number of benzene rings is 6. The molecule has 0 fully saturated rings. The molecule has 0 aliphatic heterocycles. The van der Waals surface area contributed by atoms with Crippen LogP contribution < -0.4 is 0 Å². The summed E-state index contributed by atoms with van der Waals surface area (Å²) >= 11 is 1.76. The second-order valence-electron chi connectivity index (χ2n) is 11.4. The van der Waals surface area contributed by atoms with Crippen molar-refractivity contribution in [1.29, 1.82) is 0 Å². The van der Waals surface area contributed by atoms with Crippen LogP contribution in [0.5, 0.6) is 0 Å². The van der Waals surface area contributed by atoms with Gasteiger partial charge in [0.15, 0.2) is 11.6 Å². The highest BCUT2D eigenvalue weighted by molar-refractivity contribution is 7.26. The van der Waals surface area contributed by atoms with E-state index in [0.29, 0.717) is 0 Å². The number of rotatable bonds is 3. The van der Waals surface area contributed by atoms with Crippen LogP contribution in [0.25, 0.3) is 86.8 Å². The summed E-state index contributed by atoms with van der Waals surface area (Å²) in [5.41, 5.74) is 7.80. The zero-order valence-corrected chi connectivity index (χ0v) is 24.9. The van der Waals surface area contributed by atoms with E-state index in [2.05, 4.69) is 137 Å². The van der Waals surface area contributed by atoms with Crippen LogP contribution in [0.1, 0.15) is 0 Å². The normalized spacial score (nSPS) is 12.0. The third-order valence-corrected chi connectivity index (χ3v) is 10.1. The smallest absolute Gasteiger partial charge is 0.162 e. The highest BCUT2D eigenvalue weighted by Crippen LogP contribution is 2.41. The van der Waals surface area contributed by atoms with Gasteiger partial charge in [0.25, 0.3) is 0 Å². The second-order valence-corrected chi connectivity index (χ2v) is 12.5. The van der Waals surface area contributed by atoms with Crippen molar-refractivity contribution in [3.8, 4) is 22.9 Å². The number of fused-ring (bicyclic) bond motifs is 9. The first kappa shape index (κ1) is 24.6. The van der Waals surface area contributed by atoms with Crippen molar-refractivity contribution in [2.24, 2.45) is 0 Å². The van der Waals surface area contributed by atoms with E-state index >= 15 is 0 Å².